The highest BCUT2D eigenvalue weighted by Gasteiger charge is 2.18. The highest BCUT2D eigenvalue weighted by Crippen LogP contribution is 2.20. The fraction of sp³-hybridized carbons (Fsp3) is 0.125. The van der Waals surface area contributed by atoms with Crippen LogP contribution in [-0.2, 0) is 10.0 Å². The van der Waals surface area contributed by atoms with Crippen LogP contribution in [-0.4, -0.2) is 28.4 Å². The summed E-state index contributed by atoms with van der Waals surface area (Å²) in [5.74, 6) is 0.629. The maximum absolute atomic E-state index is 12.6. The molecule has 0 radical (unpaired) electrons. The number of hydrogen-bond acceptors (Lipinski definition) is 6. The summed E-state index contributed by atoms with van der Waals surface area (Å²) in [5.41, 5.74) is 1.76. The van der Waals surface area contributed by atoms with Crippen molar-refractivity contribution < 1.29 is 8.42 Å². The largest absolute Gasteiger partial charge is 0.263 e. The monoisotopic (exact) mass is 354 g/mol. The first-order valence-electron chi connectivity index (χ1n) is 7.29. The van der Waals surface area contributed by atoms with Gasteiger partial charge in [-0.05, 0) is 49.7 Å². The van der Waals surface area contributed by atoms with E-state index in [1.54, 1.807) is 26.0 Å². The molecule has 8 nitrogen and oxygen atoms in total. The lowest BCUT2D eigenvalue weighted by Gasteiger charge is -2.10. The van der Waals surface area contributed by atoms with Crippen LogP contribution in [0.2, 0.25) is 0 Å². The number of nitrogens with zero attached hydrogens (tertiary/aromatic N) is 5. The van der Waals surface area contributed by atoms with Crippen molar-refractivity contribution in [3.63, 3.8) is 0 Å². The van der Waals surface area contributed by atoms with Crippen molar-refractivity contribution in [2.24, 2.45) is 0 Å². The number of aromatic nitrogens is 4. The molecule has 126 valence electrons. The van der Waals surface area contributed by atoms with E-state index in [9.17, 15) is 8.42 Å². The van der Waals surface area contributed by atoms with Crippen molar-refractivity contribution in [3.8, 4) is 11.9 Å². The summed E-state index contributed by atoms with van der Waals surface area (Å²) >= 11 is 0. The average Bonchev–Trinajstić information content (AvgIpc) is 3.03. The normalized spacial score (nSPS) is 11.1. The molecule has 1 aromatic carbocycles. The number of anilines is 1. The van der Waals surface area contributed by atoms with Gasteiger partial charge in [-0.2, -0.15) is 20.1 Å². The molecule has 2 aromatic heterocycles. The first-order valence-corrected chi connectivity index (χ1v) is 8.77. The molecule has 0 saturated carbocycles. The number of rotatable bonds is 4. The first kappa shape index (κ1) is 16.6. The van der Waals surface area contributed by atoms with Gasteiger partial charge >= 0.3 is 0 Å². The number of nitrogens with one attached hydrogen (secondary N) is 1. The van der Waals surface area contributed by atoms with E-state index in [1.807, 2.05) is 6.07 Å². The Bertz CT molecular complexity index is 1060. The second-order valence-corrected chi connectivity index (χ2v) is 7.04. The zero-order chi connectivity index (χ0) is 18.0. The molecule has 3 rings (SSSR count). The number of benzene rings is 1. The maximum Gasteiger partial charge on any atom is 0.263 e. The van der Waals surface area contributed by atoms with E-state index in [1.165, 1.54) is 35.1 Å². The van der Waals surface area contributed by atoms with Crippen molar-refractivity contribution in [2.75, 3.05) is 4.72 Å². The van der Waals surface area contributed by atoms with Crippen LogP contribution in [0.5, 0.6) is 0 Å². The summed E-state index contributed by atoms with van der Waals surface area (Å²) < 4.78 is 29.1. The highest BCUT2D eigenvalue weighted by molar-refractivity contribution is 7.92. The number of nitriles is 1. The summed E-state index contributed by atoms with van der Waals surface area (Å²) in [4.78, 5) is 0.0618. The molecule has 0 aliphatic carbocycles. The fourth-order valence-electron chi connectivity index (χ4n) is 2.19. The van der Waals surface area contributed by atoms with Gasteiger partial charge in [0.2, 0.25) is 0 Å². The third-order valence-electron chi connectivity index (χ3n) is 3.51. The van der Waals surface area contributed by atoms with Crippen molar-refractivity contribution >= 4 is 15.8 Å². The van der Waals surface area contributed by atoms with Gasteiger partial charge in [-0.1, -0.05) is 0 Å². The molecule has 3 aromatic rings. The van der Waals surface area contributed by atoms with Gasteiger partial charge in [-0.25, -0.2) is 8.42 Å². The predicted octanol–water partition coefficient (Wildman–Crippen LogP) is 1.95. The van der Waals surface area contributed by atoms with E-state index in [-0.39, 0.29) is 10.7 Å². The van der Waals surface area contributed by atoms with Gasteiger partial charge in [0.05, 0.1) is 28.4 Å². The summed E-state index contributed by atoms with van der Waals surface area (Å²) in [6.07, 6.45) is 1.46. The summed E-state index contributed by atoms with van der Waals surface area (Å²) in [6.45, 7) is 3.49. The molecule has 9 heteroatoms. The third kappa shape index (κ3) is 3.34. The maximum atomic E-state index is 12.6. The van der Waals surface area contributed by atoms with Crippen LogP contribution in [0.15, 0.2) is 47.5 Å². The highest BCUT2D eigenvalue weighted by atomic mass is 32.2. The molecule has 0 amide bonds. The van der Waals surface area contributed by atoms with Crippen LogP contribution in [0.25, 0.3) is 5.82 Å². The predicted molar refractivity (Wildman–Crippen MR) is 90.6 cm³/mol. The lowest BCUT2D eigenvalue weighted by Crippen LogP contribution is -2.16. The zero-order valence-corrected chi connectivity index (χ0v) is 14.3. The van der Waals surface area contributed by atoms with Gasteiger partial charge in [0, 0.05) is 6.07 Å². The van der Waals surface area contributed by atoms with Crippen molar-refractivity contribution in [3.05, 3.63) is 59.4 Å². The van der Waals surface area contributed by atoms with Crippen molar-refractivity contribution in [1.82, 2.24) is 20.0 Å². The Morgan fingerprint density at radius 3 is 2.56 bits per heavy atom. The van der Waals surface area contributed by atoms with E-state index in [2.05, 4.69) is 20.0 Å². The van der Waals surface area contributed by atoms with Crippen molar-refractivity contribution in [2.45, 2.75) is 18.7 Å². The minimum atomic E-state index is -3.84. The second-order valence-electron chi connectivity index (χ2n) is 5.36. The van der Waals surface area contributed by atoms with Gasteiger partial charge in [-0.15, -0.1) is 5.10 Å². The first-order chi connectivity index (χ1) is 11.9. The molecular weight excluding hydrogens is 340 g/mol. The lowest BCUT2D eigenvalue weighted by molar-refractivity contribution is 0.600. The molecule has 25 heavy (non-hydrogen) atoms. The molecule has 0 saturated heterocycles. The quantitative estimate of drug-likeness (QED) is 0.766. The SMILES string of the molecule is Cc1ccc(-n2nccc2NS(=O)(=O)c2ccc(C#N)c(C)c2)nn1. The molecule has 0 aliphatic heterocycles. The molecule has 0 aliphatic rings. The second kappa shape index (κ2) is 6.33. The van der Waals surface area contributed by atoms with E-state index in [4.69, 9.17) is 5.26 Å². The van der Waals surface area contributed by atoms with E-state index in [0.717, 1.165) is 5.69 Å². The Morgan fingerprint density at radius 1 is 1.12 bits per heavy atom. The molecular formula is C16H14N6O2S. The molecule has 0 bridgehead atoms. The van der Waals surface area contributed by atoms with Crippen LogP contribution in [0.4, 0.5) is 5.82 Å². The van der Waals surface area contributed by atoms with Crippen LogP contribution >= 0.6 is 0 Å². The molecule has 0 atom stereocenters. The zero-order valence-electron chi connectivity index (χ0n) is 13.5. The van der Waals surface area contributed by atoms with Gasteiger partial charge < -0.3 is 0 Å². The van der Waals surface area contributed by atoms with Gasteiger partial charge in [0.15, 0.2) is 5.82 Å². The van der Waals surface area contributed by atoms with Gasteiger partial charge in [0.1, 0.15) is 5.82 Å². The molecule has 1 N–H and O–H groups in total. The van der Waals surface area contributed by atoms with Crippen molar-refractivity contribution in [1.29, 1.82) is 5.26 Å². The smallest absolute Gasteiger partial charge is 0.263 e. The molecule has 0 unspecified atom stereocenters. The Balaban J connectivity index is 1.95. The fourth-order valence-corrected chi connectivity index (χ4v) is 3.32. The number of sulfonamides is 1. The van der Waals surface area contributed by atoms with Crippen LogP contribution < -0.4 is 4.72 Å². The van der Waals surface area contributed by atoms with Crippen LogP contribution in [0.1, 0.15) is 16.8 Å². The Kier molecular flexibility index (Phi) is 4.21. The third-order valence-corrected chi connectivity index (χ3v) is 4.86. The van der Waals surface area contributed by atoms with E-state index in [0.29, 0.717) is 16.9 Å². The number of hydrogen-bond donors (Lipinski definition) is 1. The Hall–Kier alpha value is -3.25. The number of aryl methyl sites for hydroxylation is 2. The summed E-state index contributed by atoms with van der Waals surface area (Å²) in [5, 5.41) is 21.0. The van der Waals surface area contributed by atoms with E-state index >= 15 is 0 Å². The summed E-state index contributed by atoms with van der Waals surface area (Å²) in [6, 6.07) is 11.3. The topological polar surface area (TPSA) is 114 Å². The molecule has 0 spiro atoms. The molecule has 2 heterocycles. The minimum Gasteiger partial charge on any atom is -0.263 e. The average molecular weight is 354 g/mol. The van der Waals surface area contributed by atoms with E-state index < -0.39 is 10.0 Å². The Morgan fingerprint density at radius 2 is 1.92 bits per heavy atom. The molecule has 0 fully saturated rings. The van der Waals surface area contributed by atoms with Crippen LogP contribution in [0, 0.1) is 25.2 Å². The Labute approximate surface area is 144 Å². The minimum absolute atomic E-state index is 0.0618. The standard InChI is InChI=1S/C16H14N6O2S/c1-11-9-14(5-4-13(11)10-17)25(23,24)21-16-7-8-18-22(16)15-6-3-12(2)19-20-15/h3-9,21H,1-2H3. The van der Waals surface area contributed by atoms with Crippen LogP contribution in [0.3, 0.4) is 0 Å². The van der Waals surface area contributed by atoms with Gasteiger partial charge in [-0.3, -0.25) is 4.72 Å². The lowest BCUT2D eigenvalue weighted by atomic mass is 10.1. The van der Waals surface area contributed by atoms with Gasteiger partial charge in [0.25, 0.3) is 10.0 Å². The summed E-state index contributed by atoms with van der Waals surface area (Å²) in [7, 11) is -3.84.